The van der Waals surface area contributed by atoms with Crippen molar-refractivity contribution in [1.82, 2.24) is 14.8 Å². The lowest BCUT2D eigenvalue weighted by molar-refractivity contribution is 0.623. The maximum atomic E-state index is 14.9. The van der Waals surface area contributed by atoms with E-state index in [9.17, 15) is 4.39 Å². The Hall–Kier alpha value is -4.00. The van der Waals surface area contributed by atoms with E-state index in [2.05, 4.69) is 29.5 Å². The summed E-state index contributed by atoms with van der Waals surface area (Å²) in [5, 5.41) is 15.4. The van der Waals surface area contributed by atoms with Gasteiger partial charge in [0.05, 0.1) is 5.69 Å². The number of nitrogens with two attached hydrogens (primary N) is 1. The zero-order chi connectivity index (χ0) is 22.7. The van der Waals surface area contributed by atoms with E-state index >= 15 is 0 Å². The normalized spacial score (nSPS) is 11.8. The largest absolute Gasteiger partial charge is 0.384 e. The summed E-state index contributed by atoms with van der Waals surface area (Å²) >= 11 is 0. The van der Waals surface area contributed by atoms with E-state index in [-0.39, 0.29) is 5.84 Å². The molecular formula is C25H25FN6. The summed E-state index contributed by atoms with van der Waals surface area (Å²) < 4.78 is 16.6. The second-order valence-corrected chi connectivity index (χ2v) is 7.57. The highest BCUT2D eigenvalue weighted by Crippen LogP contribution is 2.29. The predicted octanol–water partition coefficient (Wildman–Crippen LogP) is 4.67. The van der Waals surface area contributed by atoms with Gasteiger partial charge in [-0.05, 0) is 35.7 Å². The number of benzene rings is 3. The monoisotopic (exact) mass is 428 g/mol. The molecule has 3 aromatic carbocycles. The first-order valence-corrected chi connectivity index (χ1v) is 10.4. The van der Waals surface area contributed by atoms with Crippen LogP contribution in [0.2, 0.25) is 0 Å². The minimum atomic E-state index is -0.486. The zero-order valence-corrected chi connectivity index (χ0v) is 18.0. The van der Waals surface area contributed by atoms with Crippen LogP contribution >= 0.6 is 0 Å². The molecule has 0 aliphatic carbocycles. The van der Waals surface area contributed by atoms with E-state index in [1.807, 2.05) is 49.5 Å². The van der Waals surface area contributed by atoms with E-state index in [1.54, 1.807) is 16.8 Å². The molecule has 0 saturated heterocycles. The summed E-state index contributed by atoms with van der Waals surface area (Å²) in [6.07, 6.45) is 0.885. The topological polar surface area (TPSA) is 92.6 Å². The molecule has 0 bridgehead atoms. The molecule has 6 nitrogen and oxygen atoms in total. The number of hydrogen-bond donors (Lipinski definition) is 3. The highest BCUT2D eigenvalue weighted by Gasteiger charge is 2.23. The van der Waals surface area contributed by atoms with E-state index in [1.165, 1.54) is 11.6 Å². The molecule has 0 aliphatic heterocycles. The highest BCUT2D eigenvalue weighted by molar-refractivity contribution is 5.95. The lowest BCUT2D eigenvalue weighted by atomic mass is 10.0. The first kappa shape index (κ1) is 21.2. The van der Waals surface area contributed by atoms with Crippen LogP contribution < -0.4 is 11.1 Å². The van der Waals surface area contributed by atoms with Crippen molar-refractivity contribution in [1.29, 1.82) is 5.41 Å². The number of nitrogens with zero attached hydrogens (tertiary/aromatic N) is 3. The minimum absolute atomic E-state index is 0.177. The molecule has 1 aromatic heterocycles. The third-order valence-electron chi connectivity index (χ3n) is 5.36. The fourth-order valence-electron chi connectivity index (χ4n) is 3.60. The third-order valence-corrected chi connectivity index (χ3v) is 5.36. The highest BCUT2D eigenvalue weighted by atomic mass is 19.1. The van der Waals surface area contributed by atoms with Gasteiger partial charge in [0.15, 0.2) is 11.6 Å². The molecule has 0 saturated carbocycles. The number of anilines is 1. The van der Waals surface area contributed by atoms with Gasteiger partial charge in [-0.1, -0.05) is 61.5 Å². The smallest absolute Gasteiger partial charge is 0.181 e. The molecule has 0 amide bonds. The number of aromatic nitrogens is 3. The predicted molar refractivity (Wildman–Crippen MR) is 125 cm³/mol. The number of nitrogen functional groups attached to an aromatic ring is 1. The van der Waals surface area contributed by atoms with Gasteiger partial charge in [0.25, 0.3) is 0 Å². The Morgan fingerprint density at radius 2 is 1.88 bits per heavy atom. The Bertz CT molecular complexity index is 1250. The van der Waals surface area contributed by atoms with Crippen LogP contribution in [-0.4, -0.2) is 20.6 Å². The lowest BCUT2D eigenvalue weighted by Crippen LogP contribution is -2.19. The second-order valence-electron chi connectivity index (χ2n) is 7.57. The quantitative estimate of drug-likeness (QED) is 0.295. The molecule has 0 aliphatic rings. The van der Waals surface area contributed by atoms with Crippen LogP contribution in [0.25, 0.3) is 11.4 Å². The number of rotatable bonds is 7. The molecule has 7 heteroatoms. The van der Waals surface area contributed by atoms with Crippen molar-refractivity contribution in [2.75, 3.05) is 5.32 Å². The average Bonchev–Trinajstić information content (AvgIpc) is 3.20. The van der Waals surface area contributed by atoms with Crippen molar-refractivity contribution in [2.45, 2.75) is 19.4 Å². The summed E-state index contributed by atoms with van der Waals surface area (Å²) in [6.45, 7) is 2.09. The van der Waals surface area contributed by atoms with Crippen molar-refractivity contribution in [3.8, 4) is 11.4 Å². The van der Waals surface area contributed by atoms with Crippen LogP contribution in [-0.2, 0) is 13.5 Å². The Kier molecular flexibility index (Phi) is 5.98. The Morgan fingerprint density at radius 1 is 1.09 bits per heavy atom. The van der Waals surface area contributed by atoms with Gasteiger partial charge in [0.1, 0.15) is 17.7 Å². The van der Waals surface area contributed by atoms with Gasteiger partial charge in [-0.15, -0.1) is 0 Å². The molecule has 4 N–H and O–H groups in total. The summed E-state index contributed by atoms with van der Waals surface area (Å²) in [7, 11) is 1.84. The van der Waals surface area contributed by atoms with Crippen LogP contribution in [0.15, 0.2) is 72.8 Å². The van der Waals surface area contributed by atoms with E-state index in [0.29, 0.717) is 22.9 Å². The van der Waals surface area contributed by atoms with Crippen LogP contribution in [0.1, 0.15) is 35.5 Å². The second kappa shape index (κ2) is 9.01. The fourth-order valence-corrected chi connectivity index (χ4v) is 3.60. The Balaban J connectivity index is 1.79. The van der Waals surface area contributed by atoms with Gasteiger partial charge < -0.3 is 11.1 Å². The van der Waals surface area contributed by atoms with Gasteiger partial charge in [-0.25, -0.2) is 9.37 Å². The third kappa shape index (κ3) is 4.37. The maximum absolute atomic E-state index is 14.9. The van der Waals surface area contributed by atoms with Crippen molar-refractivity contribution in [3.63, 3.8) is 0 Å². The maximum Gasteiger partial charge on any atom is 0.181 e. The first-order valence-electron chi connectivity index (χ1n) is 10.4. The molecule has 0 fully saturated rings. The van der Waals surface area contributed by atoms with E-state index in [0.717, 1.165) is 17.5 Å². The van der Waals surface area contributed by atoms with E-state index < -0.39 is 11.9 Å². The van der Waals surface area contributed by atoms with Crippen molar-refractivity contribution < 1.29 is 4.39 Å². The van der Waals surface area contributed by atoms with Crippen molar-refractivity contribution >= 4 is 11.5 Å². The molecule has 162 valence electrons. The average molecular weight is 429 g/mol. The van der Waals surface area contributed by atoms with Crippen LogP contribution in [0.5, 0.6) is 0 Å². The van der Waals surface area contributed by atoms with Gasteiger partial charge >= 0.3 is 0 Å². The molecule has 1 atom stereocenters. The molecule has 0 radical (unpaired) electrons. The Morgan fingerprint density at radius 3 is 2.56 bits per heavy atom. The molecular weight excluding hydrogens is 403 g/mol. The lowest BCUT2D eigenvalue weighted by Gasteiger charge is -2.21. The molecule has 4 rings (SSSR count). The van der Waals surface area contributed by atoms with Gasteiger partial charge in [-0.3, -0.25) is 10.1 Å². The van der Waals surface area contributed by atoms with Gasteiger partial charge in [0, 0.05) is 18.2 Å². The number of halogens is 1. The molecule has 0 spiro atoms. The van der Waals surface area contributed by atoms with Gasteiger partial charge in [0.2, 0.25) is 0 Å². The summed E-state index contributed by atoms with van der Waals surface area (Å²) in [4.78, 5) is 4.80. The van der Waals surface area contributed by atoms with Gasteiger partial charge in [-0.2, -0.15) is 5.10 Å². The fraction of sp³-hybridized carbons (Fsp3) is 0.160. The van der Waals surface area contributed by atoms with E-state index in [4.69, 9.17) is 16.1 Å². The van der Waals surface area contributed by atoms with Crippen molar-refractivity contribution in [2.24, 2.45) is 12.8 Å². The van der Waals surface area contributed by atoms with Crippen LogP contribution in [0, 0.1) is 11.2 Å². The van der Waals surface area contributed by atoms with Crippen LogP contribution in [0.4, 0.5) is 10.1 Å². The Labute approximate surface area is 186 Å². The number of aryl methyl sites for hydroxylation is 2. The molecule has 1 unspecified atom stereocenters. The minimum Gasteiger partial charge on any atom is -0.384 e. The number of nitrogens with one attached hydrogen (secondary N) is 2. The first-order chi connectivity index (χ1) is 15.5. The van der Waals surface area contributed by atoms with Crippen LogP contribution in [0.3, 0.4) is 0 Å². The SMILES string of the molecule is CCc1cccc(C(Nc2ccc(C(=N)N)cc2F)c2nc(-c3ccccc3)nn2C)c1. The summed E-state index contributed by atoms with van der Waals surface area (Å²) in [6, 6.07) is 21.9. The summed E-state index contributed by atoms with van der Waals surface area (Å²) in [5.41, 5.74) is 9.17. The number of hydrogen-bond acceptors (Lipinski definition) is 4. The van der Waals surface area contributed by atoms with Crippen molar-refractivity contribution in [3.05, 3.63) is 101 Å². The number of amidine groups is 1. The molecule has 1 heterocycles. The zero-order valence-electron chi connectivity index (χ0n) is 18.0. The molecule has 32 heavy (non-hydrogen) atoms. The summed E-state index contributed by atoms with van der Waals surface area (Å²) in [5.74, 6) is 0.601. The molecule has 4 aromatic rings. The standard InChI is InChI=1S/C25H25FN6/c1-3-16-8-7-11-18(14-16)22(29-21-13-12-19(23(27)28)15-20(21)26)25-30-24(31-32(25)2)17-9-5-4-6-10-17/h4-15,22,29H,3H2,1-2H3,(H3,27,28).